The monoisotopic (exact) mass is 1330 g/mol. The average molecular weight is 1330 g/mol. The van der Waals surface area contributed by atoms with Crippen LogP contribution in [0.5, 0.6) is 0 Å². The number of esters is 1. The number of carbonyl (C=O) groups is 2. The molecule has 0 radical (unpaired) electrons. The molecular weight excluding hydrogens is 1170 g/mol. The molecule has 0 bridgehead atoms. The number of amides is 1. The maximum absolute atomic E-state index is 13.1. The van der Waals surface area contributed by atoms with E-state index in [1.165, 1.54) is 340 Å². The number of unbranched alkanes of at least 4 members (excludes halogenated alkanes) is 56. The molecule has 1 rings (SSSR count). The molecule has 1 amide bonds. The van der Waals surface area contributed by atoms with E-state index in [9.17, 15) is 35.1 Å². The van der Waals surface area contributed by atoms with Crippen LogP contribution in [0.4, 0.5) is 0 Å². The Morgan fingerprint density at radius 1 is 0.383 bits per heavy atom. The van der Waals surface area contributed by atoms with Crippen molar-refractivity contribution in [2.24, 2.45) is 0 Å². The number of ether oxygens (including phenoxy) is 3. The van der Waals surface area contributed by atoms with Gasteiger partial charge in [0.15, 0.2) is 6.29 Å². The number of aliphatic hydroxyl groups is 5. The minimum Gasteiger partial charge on any atom is -0.466 e. The van der Waals surface area contributed by atoms with E-state index < -0.39 is 49.5 Å². The first kappa shape index (κ1) is 89.9. The van der Waals surface area contributed by atoms with Gasteiger partial charge in [0.25, 0.3) is 0 Å². The molecule has 6 N–H and O–H groups in total. The largest absolute Gasteiger partial charge is 0.466 e. The maximum Gasteiger partial charge on any atom is 0.305 e. The molecule has 0 aliphatic carbocycles. The van der Waals surface area contributed by atoms with Crippen molar-refractivity contribution in [1.29, 1.82) is 0 Å². The summed E-state index contributed by atoms with van der Waals surface area (Å²) in [5.74, 6) is -0.167. The van der Waals surface area contributed by atoms with Crippen LogP contribution in [0.3, 0.4) is 0 Å². The minimum atomic E-state index is -1.57. The van der Waals surface area contributed by atoms with Crippen molar-refractivity contribution in [3.8, 4) is 0 Å². The van der Waals surface area contributed by atoms with E-state index in [0.717, 1.165) is 51.4 Å². The normalized spacial score (nSPS) is 17.5. The fourth-order valence-electron chi connectivity index (χ4n) is 13.3. The van der Waals surface area contributed by atoms with Crippen molar-refractivity contribution in [3.05, 3.63) is 36.5 Å². The Morgan fingerprint density at radius 3 is 1.05 bits per heavy atom. The molecule has 1 fully saturated rings. The lowest BCUT2D eigenvalue weighted by Gasteiger charge is -2.40. The van der Waals surface area contributed by atoms with E-state index in [1.807, 2.05) is 6.08 Å². The molecule has 0 aromatic rings. The molecule has 11 nitrogen and oxygen atoms in total. The minimum absolute atomic E-state index is 0.0180. The van der Waals surface area contributed by atoms with Gasteiger partial charge >= 0.3 is 5.97 Å². The van der Waals surface area contributed by atoms with Gasteiger partial charge in [-0.05, 0) is 70.6 Å². The van der Waals surface area contributed by atoms with Crippen LogP contribution in [0.2, 0.25) is 0 Å². The molecule has 1 heterocycles. The second-order valence-corrected chi connectivity index (χ2v) is 28.8. The molecule has 7 atom stereocenters. The van der Waals surface area contributed by atoms with Crippen molar-refractivity contribution in [1.82, 2.24) is 5.32 Å². The molecular formula is C83H157NO10. The highest BCUT2D eigenvalue weighted by atomic mass is 16.7. The molecule has 11 heteroatoms. The summed E-state index contributed by atoms with van der Waals surface area (Å²) in [7, 11) is 0. The molecule has 1 aliphatic heterocycles. The van der Waals surface area contributed by atoms with Gasteiger partial charge in [-0.3, -0.25) is 9.59 Å². The summed E-state index contributed by atoms with van der Waals surface area (Å²) >= 11 is 0. The van der Waals surface area contributed by atoms with Crippen LogP contribution in [0, 0.1) is 0 Å². The quantitative estimate of drug-likeness (QED) is 0.0195. The zero-order chi connectivity index (χ0) is 67.9. The Hall–Kier alpha value is -2.12. The summed E-state index contributed by atoms with van der Waals surface area (Å²) in [6.45, 7) is 4.39. The van der Waals surface area contributed by atoms with Gasteiger partial charge in [-0.1, -0.05) is 371 Å². The number of hydrogen-bond acceptors (Lipinski definition) is 10. The Bertz CT molecular complexity index is 1660. The fourth-order valence-corrected chi connectivity index (χ4v) is 13.3. The van der Waals surface area contributed by atoms with E-state index in [2.05, 4.69) is 43.5 Å². The van der Waals surface area contributed by atoms with E-state index in [0.29, 0.717) is 19.4 Å². The van der Waals surface area contributed by atoms with Crippen LogP contribution >= 0.6 is 0 Å². The first-order valence-corrected chi connectivity index (χ1v) is 41.3. The third-order valence-corrected chi connectivity index (χ3v) is 19.7. The summed E-state index contributed by atoms with van der Waals surface area (Å²) in [5, 5.41) is 54.6. The second-order valence-electron chi connectivity index (χ2n) is 28.8. The van der Waals surface area contributed by atoms with Gasteiger partial charge in [-0.2, -0.15) is 0 Å². The molecule has 0 saturated carbocycles. The molecule has 0 aromatic heterocycles. The summed E-state index contributed by atoms with van der Waals surface area (Å²) < 4.78 is 16.8. The van der Waals surface area contributed by atoms with Gasteiger partial charge in [-0.25, -0.2) is 0 Å². The summed E-state index contributed by atoms with van der Waals surface area (Å²) in [6.07, 6.45) is 84.7. The summed E-state index contributed by atoms with van der Waals surface area (Å²) in [5.41, 5.74) is 0. The number of hydrogen-bond donors (Lipinski definition) is 6. The number of carbonyl (C=O) groups excluding carboxylic acids is 2. The Kier molecular flexibility index (Phi) is 69.0. The topological polar surface area (TPSA) is 175 Å². The van der Waals surface area contributed by atoms with Crippen molar-refractivity contribution < 1.29 is 49.3 Å². The highest BCUT2D eigenvalue weighted by molar-refractivity contribution is 5.76. The third-order valence-electron chi connectivity index (χ3n) is 19.7. The van der Waals surface area contributed by atoms with E-state index in [-0.39, 0.29) is 18.5 Å². The van der Waals surface area contributed by atoms with Crippen molar-refractivity contribution in [2.75, 3.05) is 19.8 Å². The van der Waals surface area contributed by atoms with Gasteiger partial charge in [0.05, 0.1) is 32.0 Å². The first-order valence-electron chi connectivity index (χ1n) is 41.3. The zero-order valence-electron chi connectivity index (χ0n) is 62.0. The SMILES string of the molecule is CCCCCCCCCCC/C=C/CC/C=C/C(O)C(COC1OC(CO)C(O)C(O)C1O)NC(=O)CCCCCCCCCCCCCCCCCCC/C=C\CCCCCCCCCCCCCCCCCCCCOC(=O)CCCCCCCCCCCCCC. The fraction of sp³-hybridized carbons (Fsp3) is 0.904. The number of nitrogens with one attached hydrogen (secondary N) is 1. The van der Waals surface area contributed by atoms with E-state index in [1.54, 1.807) is 6.08 Å². The predicted octanol–water partition coefficient (Wildman–Crippen LogP) is 22.5. The number of aliphatic hydroxyl groups excluding tert-OH is 5. The van der Waals surface area contributed by atoms with E-state index in [4.69, 9.17) is 14.2 Å². The Balaban J connectivity index is 1.91. The molecule has 0 aromatic carbocycles. The van der Waals surface area contributed by atoms with Crippen LogP contribution < -0.4 is 5.32 Å². The number of rotatable bonds is 74. The smallest absolute Gasteiger partial charge is 0.305 e. The molecule has 1 saturated heterocycles. The van der Waals surface area contributed by atoms with Crippen molar-refractivity contribution in [2.45, 2.75) is 461 Å². The molecule has 7 unspecified atom stereocenters. The molecule has 554 valence electrons. The lowest BCUT2D eigenvalue weighted by atomic mass is 9.99. The molecule has 1 aliphatic rings. The zero-order valence-corrected chi connectivity index (χ0v) is 62.0. The van der Waals surface area contributed by atoms with Crippen LogP contribution in [-0.4, -0.2) is 100 Å². The van der Waals surface area contributed by atoms with Crippen LogP contribution in [0.25, 0.3) is 0 Å². The standard InChI is InChI=1S/C83H157NO10/c1-3-5-7-9-11-13-15-17-43-46-49-53-57-61-65-69-76(86)75(74-93-83-82(91)81(90)80(89)77(73-85)94-83)84-78(87)70-66-62-58-54-50-47-44-41-39-37-35-33-31-29-27-25-23-21-19-18-20-22-24-26-28-30-32-34-36-38-40-42-45-48-52-56-60-64-68-72-92-79(88)71-67-63-59-55-51-16-14-12-10-8-6-4-2/h18-19,49,53,65,69,75-77,80-83,85-86,89-91H,3-17,20-48,50-52,54-64,66-68,70-74H2,1-2H3,(H,84,87)/b19-18-,53-49+,69-65+. The van der Waals surface area contributed by atoms with Crippen LogP contribution in [0.15, 0.2) is 36.5 Å². The maximum atomic E-state index is 13.1. The van der Waals surface area contributed by atoms with Gasteiger partial charge in [0.1, 0.15) is 24.4 Å². The Labute approximate surface area is 581 Å². The van der Waals surface area contributed by atoms with Gasteiger partial charge in [-0.15, -0.1) is 0 Å². The van der Waals surface area contributed by atoms with Gasteiger partial charge < -0.3 is 45.1 Å². The number of allylic oxidation sites excluding steroid dienone is 5. The van der Waals surface area contributed by atoms with Gasteiger partial charge in [0, 0.05) is 12.8 Å². The predicted molar refractivity (Wildman–Crippen MR) is 398 cm³/mol. The average Bonchev–Trinajstić information content (AvgIpc) is 0.831. The molecule has 0 spiro atoms. The second kappa shape index (κ2) is 72.1. The highest BCUT2D eigenvalue weighted by Crippen LogP contribution is 2.24. The van der Waals surface area contributed by atoms with Gasteiger partial charge in [0.2, 0.25) is 5.91 Å². The van der Waals surface area contributed by atoms with Crippen LogP contribution in [0.1, 0.15) is 418 Å². The van der Waals surface area contributed by atoms with Crippen molar-refractivity contribution >= 4 is 11.9 Å². The van der Waals surface area contributed by atoms with Crippen LogP contribution in [-0.2, 0) is 23.8 Å². The Morgan fingerprint density at radius 2 is 0.691 bits per heavy atom. The third kappa shape index (κ3) is 59.9. The first-order chi connectivity index (χ1) is 46.2. The highest BCUT2D eigenvalue weighted by Gasteiger charge is 2.44. The van der Waals surface area contributed by atoms with E-state index >= 15 is 0 Å². The molecule has 94 heavy (non-hydrogen) atoms. The summed E-state index contributed by atoms with van der Waals surface area (Å²) in [6, 6.07) is -0.825. The summed E-state index contributed by atoms with van der Waals surface area (Å²) in [4.78, 5) is 25.2. The van der Waals surface area contributed by atoms with Crippen molar-refractivity contribution in [3.63, 3.8) is 0 Å². The lowest BCUT2D eigenvalue weighted by Crippen LogP contribution is -2.60. The lowest BCUT2D eigenvalue weighted by molar-refractivity contribution is -0.302.